The summed E-state index contributed by atoms with van der Waals surface area (Å²) in [5.41, 5.74) is 1.18. The molecule has 1 saturated heterocycles. The maximum atomic E-state index is 11.5. The van der Waals surface area contributed by atoms with Gasteiger partial charge >= 0.3 is 0 Å². The molecular weight excluding hydrogens is 328 g/mol. The van der Waals surface area contributed by atoms with Gasteiger partial charge in [0.1, 0.15) is 5.75 Å². The molecule has 1 aromatic rings. The molecular formula is C20H32N4O2. The lowest BCUT2D eigenvalue weighted by Gasteiger charge is -2.34. The first-order valence-electron chi connectivity index (χ1n) is 9.54. The number of carbonyl (C=O) groups is 1. The van der Waals surface area contributed by atoms with Crippen LogP contribution < -0.4 is 15.4 Å². The fourth-order valence-electron chi connectivity index (χ4n) is 3.19. The summed E-state index contributed by atoms with van der Waals surface area (Å²) in [7, 11) is 3.52. The molecule has 0 radical (unpaired) electrons. The van der Waals surface area contributed by atoms with E-state index in [1.165, 1.54) is 5.56 Å². The first-order chi connectivity index (χ1) is 12.7. The van der Waals surface area contributed by atoms with Crippen molar-refractivity contribution >= 4 is 11.9 Å². The van der Waals surface area contributed by atoms with Gasteiger partial charge in [0.05, 0.1) is 6.61 Å². The number of aliphatic imine (C=N–C) groups is 1. The number of guanidine groups is 1. The molecule has 6 nitrogen and oxygen atoms in total. The molecule has 1 amide bonds. The zero-order chi connectivity index (χ0) is 18.8. The molecule has 1 aromatic carbocycles. The third-order valence-electron chi connectivity index (χ3n) is 4.70. The highest BCUT2D eigenvalue weighted by atomic mass is 16.5. The topological polar surface area (TPSA) is 66.0 Å². The van der Waals surface area contributed by atoms with Crippen LogP contribution in [0.5, 0.6) is 5.75 Å². The van der Waals surface area contributed by atoms with E-state index in [4.69, 9.17) is 4.74 Å². The molecule has 1 fully saturated rings. The molecule has 0 spiro atoms. The Hall–Kier alpha value is -2.24. The van der Waals surface area contributed by atoms with Crippen molar-refractivity contribution in [3.63, 3.8) is 0 Å². The molecule has 0 aliphatic carbocycles. The molecule has 0 saturated carbocycles. The van der Waals surface area contributed by atoms with Crippen LogP contribution >= 0.6 is 0 Å². The van der Waals surface area contributed by atoms with E-state index in [0.717, 1.165) is 50.7 Å². The van der Waals surface area contributed by atoms with Gasteiger partial charge in [0, 0.05) is 40.2 Å². The van der Waals surface area contributed by atoms with Gasteiger partial charge < -0.3 is 20.3 Å². The van der Waals surface area contributed by atoms with Crippen molar-refractivity contribution < 1.29 is 9.53 Å². The number of carbonyl (C=O) groups excluding carboxylic acids is 1. The van der Waals surface area contributed by atoms with Crippen LogP contribution in [0.3, 0.4) is 0 Å². The molecule has 1 aliphatic rings. The molecule has 0 aromatic heterocycles. The van der Waals surface area contributed by atoms with E-state index in [1.54, 1.807) is 7.05 Å². The quantitative estimate of drug-likeness (QED) is 0.579. The number of hydrogen-bond donors (Lipinski definition) is 2. The minimum absolute atomic E-state index is 0.135. The van der Waals surface area contributed by atoms with Crippen LogP contribution in [0.2, 0.25) is 0 Å². The first kappa shape index (κ1) is 20.1. The average molecular weight is 361 g/mol. The van der Waals surface area contributed by atoms with E-state index >= 15 is 0 Å². The van der Waals surface area contributed by atoms with Gasteiger partial charge in [-0.05, 0) is 42.9 Å². The highest BCUT2D eigenvalue weighted by Gasteiger charge is 2.22. The molecule has 0 atom stereocenters. The summed E-state index contributed by atoms with van der Waals surface area (Å²) >= 11 is 0. The number of nitrogens with zero attached hydrogens (tertiary/aromatic N) is 2. The highest BCUT2D eigenvalue weighted by Crippen LogP contribution is 2.20. The lowest BCUT2D eigenvalue weighted by atomic mass is 9.93. The van der Waals surface area contributed by atoms with Crippen molar-refractivity contribution in [3.05, 3.63) is 29.8 Å². The molecule has 2 N–H and O–H groups in total. The van der Waals surface area contributed by atoms with Crippen LogP contribution in [0.15, 0.2) is 29.3 Å². The summed E-state index contributed by atoms with van der Waals surface area (Å²) < 4.78 is 5.70. The summed E-state index contributed by atoms with van der Waals surface area (Å²) in [6, 6.07) is 8.18. The van der Waals surface area contributed by atoms with E-state index in [9.17, 15) is 4.79 Å². The van der Waals surface area contributed by atoms with Gasteiger partial charge in [0.2, 0.25) is 5.91 Å². The van der Waals surface area contributed by atoms with Gasteiger partial charge in [-0.1, -0.05) is 19.1 Å². The second-order valence-electron chi connectivity index (χ2n) is 6.70. The normalized spacial score (nSPS) is 15.7. The molecule has 0 unspecified atom stereocenters. The van der Waals surface area contributed by atoms with Crippen molar-refractivity contribution in [1.29, 1.82) is 0 Å². The average Bonchev–Trinajstić information content (AvgIpc) is 2.68. The summed E-state index contributed by atoms with van der Waals surface area (Å²) in [6.07, 6.45) is 3.68. The van der Waals surface area contributed by atoms with Gasteiger partial charge in [0.15, 0.2) is 5.96 Å². The Morgan fingerprint density at radius 2 is 2.12 bits per heavy atom. The van der Waals surface area contributed by atoms with Gasteiger partial charge in [-0.3, -0.25) is 9.79 Å². The molecule has 6 heteroatoms. The van der Waals surface area contributed by atoms with Crippen molar-refractivity contribution in [2.45, 2.75) is 39.2 Å². The number of benzene rings is 1. The SMILES string of the molecule is CCCOc1cccc(CNC(=NC)N2CCC(CC(=O)NC)CC2)c1. The Kier molecular flexibility index (Phi) is 8.25. The molecule has 26 heavy (non-hydrogen) atoms. The van der Waals surface area contributed by atoms with Gasteiger partial charge in [-0.2, -0.15) is 0 Å². The maximum absolute atomic E-state index is 11.5. The Morgan fingerprint density at radius 3 is 2.77 bits per heavy atom. The lowest BCUT2D eigenvalue weighted by Crippen LogP contribution is -2.45. The number of likely N-dealkylation sites (tertiary alicyclic amines) is 1. The number of nitrogens with one attached hydrogen (secondary N) is 2. The van der Waals surface area contributed by atoms with E-state index in [-0.39, 0.29) is 5.91 Å². The lowest BCUT2D eigenvalue weighted by molar-refractivity contribution is -0.121. The summed E-state index contributed by atoms with van der Waals surface area (Å²) in [4.78, 5) is 18.2. The van der Waals surface area contributed by atoms with E-state index in [0.29, 0.717) is 18.9 Å². The van der Waals surface area contributed by atoms with Crippen molar-refractivity contribution in [2.24, 2.45) is 10.9 Å². The van der Waals surface area contributed by atoms with E-state index in [1.807, 2.05) is 19.2 Å². The van der Waals surface area contributed by atoms with Crippen molar-refractivity contribution in [1.82, 2.24) is 15.5 Å². The standard InChI is InChI=1S/C20H32N4O2/c1-4-12-26-18-7-5-6-17(13-18)15-23-20(22-3)24-10-8-16(9-11-24)14-19(25)21-2/h5-7,13,16H,4,8-12,14-15H2,1-3H3,(H,21,25)(H,22,23). The van der Waals surface area contributed by atoms with Crippen LogP contribution in [0, 0.1) is 5.92 Å². The Morgan fingerprint density at radius 1 is 1.35 bits per heavy atom. The van der Waals surface area contributed by atoms with Gasteiger partial charge in [-0.15, -0.1) is 0 Å². The monoisotopic (exact) mass is 360 g/mol. The van der Waals surface area contributed by atoms with Crippen molar-refractivity contribution in [3.8, 4) is 5.75 Å². The maximum Gasteiger partial charge on any atom is 0.220 e. The second-order valence-corrected chi connectivity index (χ2v) is 6.70. The minimum Gasteiger partial charge on any atom is -0.494 e. The minimum atomic E-state index is 0.135. The molecule has 2 rings (SSSR count). The molecule has 1 heterocycles. The van der Waals surface area contributed by atoms with Gasteiger partial charge in [-0.25, -0.2) is 0 Å². The molecule has 144 valence electrons. The van der Waals surface area contributed by atoms with Crippen LogP contribution in [-0.2, 0) is 11.3 Å². The predicted molar refractivity (Wildman–Crippen MR) is 105 cm³/mol. The number of amides is 1. The van der Waals surface area contributed by atoms with Crippen LogP contribution in [0.4, 0.5) is 0 Å². The number of rotatable bonds is 7. The Labute approximate surface area is 157 Å². The number of hydrogen-bond acceptors (Lipinski definition) is 3. The van der Waals surface area contributed by atoms with E-state index < -0.39 is 0 Å². The summed E-state index contributed by atoms with van der Waals surface area (Å²) in [6.45, 7) is 5.42. The van der Waals surface area contributed by atoms with Crippen LogP contribution in [-0.4, -0.2) is 50.6 Å². The number of ether oxygens (including phenoxy) is 1. The Bertz CT molecular complexity index is 595. The number of piperidine rings is 1. The smallest absolute Gasteiger partial charge is 0.220 e. The predicted octanol–water partition coefficient (Wildman–Crippen LogP) is 2.40. The zero-order valence-electron chi connectivity index (χ0n) is 16.3. The van der Waals surface area contributed by atoms with Gasteiger partial charge in [0.25, 0.3) is 0 Å². The second kappa shape index (κ2) is 10.7. The highest BCUT2D eigenvalue weighted by molar-refractivity contribution is 5.80. The molecule has 1 aliphatic heterocycles. The third kappa shape index (κ3) is 6.24. The largest absolute Gasteiger partial charge is 0.494 e. The third-order valence-corrected chi connectivity index (χ3v) is 4.70. The Balaban J connectivity index is 1.82. The van der Waals surface area contributed by atoms with Crippen LogP contribution in [0.1, 0.15) is 38.2 Å². The van der Waals surface area contributed by atoms with Crippen LogP contribution in [0.25, 0.3) is 0 Å². The zero-order valence-corrected chi connectivity index (χ0v) is 16.3. The first-order valence-corrected chi connectivity index (χ1v) is 9.54. The van der Waals surface area contributed by atoms with E-state index in [2.05, 4.69) is 39.6 Å². The summed E-state index contributed by atoms with van der Waals surface area (Å²) in [5, 5.41) is 6.16. The molecule has 0 bridgehead atoms. The van der Waals surface area contributed by atoms with Crippen molar-refractivity contribution in [2.75, 3.05) is 33.8 Å². The summed E-state index contributed by atoms with van der Waals surface area (Å²) in [5.74, 6) is 2.44. The fourth-order valence-corrected chi connectivity index (χ4v) is 3.19. The fraction of sp³-hybridized carbons (Fsp3) is 0.600.